The summed E-state index contributed by atoms with van der Waals surface area (Å²) < 4.78 is 6.39. The molecule has 1 aromatic carbocycles. The normalized spacial score (nSPS) is 17.6. The maximum Gasteiger partial charge on any atom is 0.119 e. The van der Waals surface area contributed by atoms with Crippen LogP contribution in [0.5, 0.6) is 5.75 Å². The lowest BCUT2D eigenvalue weighted by atomic mass is 10.1. The molecule has 4 heteroatoms. The van der Waals surface area contributed by atoms with Gasteiger partial charge in [0.15, 0.2) is 0 Å². The van der Waals surface area contributed by atoms with Gasteiger partial charge in [-0.15, -0.1) is 0 Å². The first kappa shape index (κ1) is 15.2. The Morgan fingerprint density at radius 3 is 2.84 bits per heavy atom. The van der Waals surface area contributed by atoms with Gasteiger partial charge < -0.3 is 10.5 Å². The van der Waals surface area contributed by atoms with Gasteiger partial charge in [-0.05, 0) is 43.0 Å². The number of thioether (sulfide) groups is 1. The van der Waals surface area contributed by atoms with Crippen LogP contribution in [0, 0.1) is 0 Å². The van der Waals surface area contributed by atoms with Gasteiger partial charge in [0.05, 0.1) is 7.11 Å². The van der Waals surface area contributed by atoms with Gasteiger partial charge in [-0.25, -0.2) is 0 Å². The first-order chi connectivity index (χ1) is 9.19. The second-order valence-electron chi connectivity index (χ2n) is 5.16. The molecule has 19 heavy (non-hydrogen) atoms. The zero-order valence-electron chi connectivity index (χ0n) is 11.4. The monoisotopic (exact) mass is 343 g/mol. The van der Waals surface area contributed by atoms with E-state index in [1.165, 1.54) is 31.2 Å². The standard InChI is InChI=1S/C15H22BrNOS/c1-18-13-6-7-15(16)11(9-13)8-12(17)10-19-14-4-2-3-5-14/h6-7,9,12,14H,2-5,8,10,17H2,1H3. The fourth-order valence-electron chi connectivity index (χ4n) is 2.49. The van der Waals surface area contributed by atoms with Crippen LogP contribution in [0.25, 0.3) is 0 Å². The summed E-state index contributed by atoms with van der Waals surface area (Å²) in [5, 5.41) is 0.847. The van der Waals surface area contributed by atoms with Gasteiger partial charge in [0.25, 0.3) is 0 Å². The van der Waals surface area contributed by atoms with Crippen LogP contribution in [0.15, 0.2) is 22.7 Å². The van der Waals surface area contributed by atoms with Crippen LogP contribution in [-0.2, 0) is 6.42 Å². The van der Waals surface area contributed by atoms with E-state index in [0.29, 0.717) is 0 Å². The number of ether oxygens (including phenoxy) is 1. The third-order valence-corrected chi connectivity index (χ3v) is 5.92. The highest BCUT2D eigenvalue weighted by molar-refractivity contribution is 9.10. The highest BCUT2D eigenvalue weighted by Crippen LogP contribution is 2.30. The van der Waals surface area contributed by atoms with Crippen LogP contribution in [0.3, 0.4) is 0 Å². The molecule has 1 aliphatic carbocycles. The molecule has 1 aromatic rings. The Kier molecular flexibility index (Phi) is 6.05. The van der Waals surface area contributed by atoms with Gasteiger partial charge in [0.2, 0.25) is 0 Å². The zero-order valence-corrected chi connectivity index (χ0v) is 13.8. The average molecular weight is 344 g/mol. The Morgan fingerprint density at radius 2 is 2.16 bits per heavy atom. The van der Waals surface area contributed by atoms with E-state index < -0.39 is 0 Å². The number of rotatable bonds is 6. The minimum Gasteiger partial charge on any atom is -0.497 e. The van der Waals surface area contributed by atoms with E-state index in [2.05, 4.69) is 33.8 Å². The van der Waals surface area contributed by atoms with Crippen LogP contribution in [-0.4, -0.2) is 24.2 Å². The zero-order chi connectivity index (χ0) is 13.7. The molecule has 0 amide bonds. The van der Waals surface area contributed by atoms with Crippen LogP contribution in [0.1, 0.15) is 31.2 Å². The molecule has 106 valence electrons. The maximum absolute atomic E-state index is 6.26. The fourth-order valence-corrected chi connectivity index (χ4v) is 4.20. The van der Waals surface area contributed by atoms with Crippen molar-refractivity contribution in [2.45, 2.75) is 43.4 Å². The van der Waals surface area contributed by atoms with Gasteiger partial charge >= 0.3 is 0 Å². The molecule has 1 fully saturated rings. The molecule has 1 aliphatic rings. The Morgan fingerprint density at radius 1 is 1.42 bits per heavy atom. The van der Waals surface area contributed by atoms with Crippen molar-refractivity contribution in [3.63, 3.8) is 0 Å². The number of hydrogen-bond acceptors (Lipinski definition) is 3. The Hall–Kier alpha value is -0.190. The van der Waals surface area contributed by atoms with Crippen molar-refractivity contribution in [3.05, 3.63) is 28.2 Å². The average Bonchev–Trinajstić information content (AvgIpc) is 2.92. The van der Waals surface area contributed by atoms with Gasteiger partial charge in [-0.1, -0.05) is 28.8 Å². The summed E-state index contributed by atoms with van der Waals surface area (Å²) in [7, 11) is 1.70. The number of halogens is 1. The molecule has 2 rings (SSSR count). The van der Waals surface area contributed by atoms with Gasteiger partial charge in [0, 0.05) is 21.5 Å². The predicted molar refractivity (Wildman–Crippen MR) is 87.1 cm³/mol. The van der Waals surface area contributed by atoms with Gasteiger partial charge in [-0.2, -0.15) is 11.8 Å². The second-order valence-corrected chi connectivity index (χ2v) is 7.35. The molecular formula is C15H22BrNOS. The molecule has 0 radical (unpaired) electrons. The highest BCUT2D eigenvalue weighted by Gasteiger charge is 2.17. The van der Waals surface area contributed by atoms with E-state index in [0.717, 1.165) is 27.6 Å². The first-order valence-electron chi connectivity index (χ1n) is 6.88. The van der Waals surface area contributed by atoms with E-state index in [9.17, 15) is 0 Å². The molecule has 0 heterocycles. The third-order valence-electron chi connectivity index (χ3n) is 3.58. The van der Waals surface area contributed by atoms with E-state index >= 15 is 0 Å². The molecule has 0 aliphatic heterocycles. The maximum atomic E-state index is 6.26. The topological polar surface area (TPSA) is 35.2 Å². The van der Waals surface area contributed by atoms with Crippen molar-refractivity contribution >= 4 is 27.7 Å². The van der Waals surface area contributed by atoms with E-state index in [-0.39, 0.29) is 6.04 Å². The highest BCUT2D eigenvalue weighted by atomic mass is 79.9. The number of methoxy groups -OCH3 is 1. The second kappa shape index (κ2) is 7.55. The quantitative estimate of drug-likeness (QED) is 0.847. The lowest BCUT2D eigenvalue weighted by Crippen LogP contribution is -2.26. The predicted octanol–water partition coefficient (Wildman–Crippen LogP) is 4.00. The fraction of sp³-hybridized carbons (Fsp3) is 0.600. The Labute approximate surface area is 128 Å². The van der Waals surface area contributed by atoms with Gasteiger partial charge in [0.1, 0.15) is 5.75 Å². The van der Waals surface area contributed by atoms with Gasteiger partial charge in [-0.3, -0.25) is 0 Å². The summed E-state index contributed by atoms with van der Waals surface area (Å²) >= 11 is 5.64. The summed E-state index contributed by atoms with van der Waals surface area (Å²) in [4.78, 5) is 0. The molecule has 1 saturated carbocycles. The molecule has 2 nitrogen and oxygen atoms in total. The SMILES string of the molecule is COc1ccc(Br)c(CC(N)CSC2CCCC2)c1. The minimum atomic E-state index is 0.217. The molecule has 0 spiro atoms. The summed E-state index contributed by atoms with van der Waals surface area (Å²) in [6.07, 6.45) is 6.45. The van der Waals surface area contributed by atoms with Crippen molar-refractivity contribution in [1.82, 2.24) is 0 Å². The Bertz CT molecular complexity index is 407. The first-order valence-corrected chi connectivity index (χ1v) is 8.73. The summed E-state index contributed by atoms with van der Waals surface area (Å²) in [6.45, 7) is 0. The molecule has 0 saturated heterocycles. The van der Waals surface area contributed by atoms with Crippen molar-refractivity contribution in [2.24, 2.45) is 5.73 Å². The molecule has 2 N–H and O–H groups in total. The summed E-state index contributed by atoms with van der Waals surface area (Å²) in [5.41, 5.74) is 7.50. The lowest BCUT2D eigenvalue weighted by Gasteiger charge is -2.16. The van der Waals surface area contributed by atoms with Crippen molar-refractivity contribution in [1.29, 1.82) is 0 Å². The van der Waals surface area contributed by atoms with Crippen LogP contribution < -0.4 is 10.5 Å². The van der Waals surface area contributed by atoms with Crippen molar-refractivity contribution < 1.29 is 4.74 Å². The molecule has 1 unspecified atom stereocenters. The molecule has 1 atom stereocenters. The third kappa shape index (κ3) is 4.69. The largest absolute Gasteiger partial charge is 0.497 e. The summed E-state index contributed by atoms with van der Waals surface area (Å²) in [6, 6.07) is 6.29. The Balaban J connectivity index is 1.85. The van der Waals surface area contributed by atoms with Crippen molar-refractivity contribution in [2.75, 3.05) is 12.9 Å². The van der Waals surface area contributed by atoms with Crippen LogP contribution in [0.4, 0.5) is 0 Å². The van der Waals surface area contributed by atoms with Crippen LogP contribution >= 0.6 is 27.7 Å². The van der Waals surface area contributed by atoms with Crippen molar-refractivity contribution in [3.8, 4) is 5.75 Å². The number of nitrogens with two attached hydrogens (primary N) is 1. The van der Waals surface area contributed by atoms with E-state index in [1.54, 1.807) is 7.11 Å². The molecular weight excluding hydrogens is 322 g/mol. The lowest BCUT2D eigenvalue weighted by molar-refractivity contribution is 0.414. The molecule has 0 bridgehead atoms. The number of hydrogen-bond donors (Lipinski definition) is 1. The van der Waals surface area contributed by atoms with Crippen LogP contribution in [0.2, 0.25) is 0 Å². The number of benzene rings is 1. The van der Waals surface area contributed by atoms with E-state index in [1.807, 2.05) is 12.1 Å². The van der Waals surface area contributed by atoms with E-state index in [4.69, 9.17) is 10.5 Å². The molecule has 0 aromatic heterocycles. The smallest absolute Gasteiger partial charge is 0.119 e. The summed E-state index contributed by atoms with van der Waals surface area (Å²) in [5.74, 6) is 1.95. The minimum absolute atomic E-state index is 0.217.